The summed E-state index contributed by atoms with van der Waals surface area (Å²) in [6.45, 7) is 0.874. The molecule has 0 unspecified atom stereocenters. The largest absolute Gasteiger partial charge is 0.396 e. The maximum Gasteiger partial charge on any atom is 0.319 e. The zero-order valence-corrected chi connectivity index (χ0v) is 9.35. The van der Waals surface area contributed by atoms with Crippen LogP contribution in [0.25, 0.3) is 0 Å². The molecule has 4 nitrogen and oxygen atoms in total. The molecule has 0 aliphatic rings. The predicted molar refractivity (Wildman–Crippen MR) is 62.3 cm³/mol. The average Bonchev–Trinajstić information content (AvgIpc) is 2.70. The van der Waals surface area contributed by atoms with E-state index in [0.29, 0.717) is 6.54 Å². The number of rotatable bonds is 6. The SMILES string of the molecule is O=C(NCCCCCO)Nc1cccs1. The normalized spacial score (nSPS) is 9.93. The second-order valence-corrected chi connectivity index (χ2v) is 4.09. The molecule has 0 spiro atoms. The molecule has 2 amide bonds. The van der Waals surface area contributed by atoms with E-state index in [2.05, 4.69) is 10.6 Å². The molecule has 1 rings (SSSR count). The molecule has 0 bridgehead atoms. The Hall–Kier alpha value is -1.07. The number of aliphatic hydroxyl groups is 1. The van der Waals surface area contributed by atoms with E-state index < -0.39 is 0 Å². The third-order valence-corrected chi connectivity index (χ3v) is 2.66. The number of anilines is 1. The standard InChI is InChI=1S/C10H16N2O2S/c13-7-3-1-2-6-11-10(14)12-9-5-4-8-15-9/h4-5,8,13H,1-3,6-7H2,(H2,11,12,14). The van der Waals surface area contributed by atoms with Gasteiger partial charge >= 0.3 is 6.03 Å². The number of hydrogen-bond acceptors (Lipinski definition) is 3. The van der Waals surface area contributed by atoms with Gasteiger partial charge in [0.05, 0.1) is 5.00 Å². The smallest absolute Gasteiger partial charge is 0.319 e. The second-order valence-electron chi connectivity index (χ2n) is 3.14. The van der Waals surface area contributed by atoms with E-state index in [1.54, 1.807) is 0 Å². The first-order chi connectivity index (χ1) is 7.33. The van der Waals surface area contributed by atoms with E-state index in [0.717, 1.165) is 24.3 Å². The van der Waals surface area contributed by atoms with Gasteiger partial charge in [-0.3, -0.25) is 5.32 Å². The first-order valence-corrected chi connectivity index (χ1v) is 5.90. The number of amides is 2. The lowest BCUT2D eigenvalue weighted by molar-refractivity contribution is 0.251. The summed E-state index contributed by atoms with van der Waals surface area (Å²) in [6.07, 6.45) is 2.64. The van der Waals surface area contributed by atoms with Crippen LogP contribution in [0.4, 0.5) is 9.80 Å². The molecule has 0 saturated carbocycles. The van der Waals surface area contributed by atoms with Crippen LogP contribution >= 0.6 is 11.3 Å². The molecule has 84 valence electrons. The lowest BCUT2D eigenvalue weighted by Crippen LogP contribution is -2.29. The number of aliphatic hydroxyl groups excluding tert-OH is 1. The van der Waals surface area contributed by atoms with Crippen LogP contribution in [0, 0.1) is 0 Å². The molecule has 0 fully saturated rings. The summed E-state index contributed by atoms with van der Waals surface area (Å²) in [5.74, 6) is 0. The topological polar surface area (TPSA) is 61.4 Å². The van der Waals surface area contributed by atoms with Gasteiger partial charge in [-0.15, -0.1) is 11.3 Å². The molecule has 0 atom stereocenters. The minimum Gasteiger partial charge on any atom is -0.396 e. The molecule has 0 radical (unpaired) electrons. The van der Waals surface area contributed by atoms with Gasteiger partial charge in [-0.1, -0.05) is 0 Å². The van der Waals surface area contributed by atoms with Crippen molar-refractivity contribution in [3.63, 3.8) is 0 Å². The van der Waals surface area contributed by atoms with Crippen molar-refractivity contribution in [1.82, 2.24) is 5.32 Å². The Balaban J connectivity index is 2.04. The monoisotopic (exact) mass is 228 g/mol. The minimum atomic E-state index is -0.165. The molecule has 0 aliphatic heterocycles. The maximum absolute atomic E-state index is 11.3. The quantitative estimate of drug-likeness (QED) is 0.652. The van der Waals surface area contributed by atoms with Crippen LogP contribution in [-0.4, -0.2) is 24.3 Å². The van der Waals surface area contributed by atoms with Gasteiger partial charge in [0.1, 0.15) is 0 Å². The summed E-state index contributed by atoms with van der Waals surface area (Å²) < 4.78 is 0. The third-order valence-electron chi connectivity index (χ3n) is 1.88. The van der Waals surface area contributed by atoms with E-state index in [4.69, 9.17) is 5.11 Å². The zero-order valence-electron chi connectivity index (χ0n) is 8.53. The lowest BCUT2D eigenvalue weighted by atomic mass is 10.2. The molecule has 1 aromatic heterocycles. The van der Waals surface area contributed by atoms with Gasteiger partial charge in [-0.05, 0) is 36.8 Å². The van der Waals surface area contributed by atoms with Gasteiger partial charge in [0.2, 0.25) is 0 Å². The van der Waals surface area contributed by atoms with Crippen molar-refractivity contribution >= 4 is 22.4 Å². The fourth-order valence-electron chi connectivity index (χ4n) is 1.12. The Labute approximate surface area is 93.3 Å². The van der Waals surface area contributed by atoms with Crippen molar-refractivity contribution in [3.8, 4) is 0 Å². The Morgan fingerprint density at radius 2 is 2.27 bits per heavy atom. The number of urea groups is 1. The summed E-state index contributed by atoms with van der Waals surface area (Å²) in [7, 11) is 0. The number of carbonyl (C=O) groups excluding carboxylic acids is 1. The Kier molecular flexibility index (Phi) is 5.80. The fourth-order valence-corrected chi connectivity index (χ4v) is 1.73. The van der Waals surface area contributed by atoms with E-state index in [1.165, 1.54) is 11.3 Å². The van der Waals surface area contributed by atoms with Crippen LogP contribution in [0.3, 0.4) is 0 Å². The molecular weight excluding hydrogens is 212 g/mol. The van der Waals surface area contributed by atoms with Gasteiger partial charge < -0.3 is 10.4 Å². The summed E-state index contributed by atoms with van der Waals surface area (Å²) in [4.78, 5) is 11.3. The molecule has 5 heteroatoms. The highest BCUT2D eigenvalue weighted by atomic mass is 32.1. The summed E-state index contributed by atoms with van der Waals surface area (Å²) in [5.41, 5.74) is 0. The van der Waals surface area contributed by atoms with Gasteiger partial charge in [-0.25, -0.2) is 4.79 Å². The molecule has 0 aromatic carbocycles. The van der Waals surface area contributed by atoms with Gasteiger partial charge in [0, 0.05) is 13.2 Å². The lowest BCUT2D eigenvalue weighted by Gasteiger charge is -2.05. The summed E-state index contributed by atoms with van der Waals surface area (Å²) >= 11 is 1.49. The van der Waals surface area contributed by atoms with E-state index in [-0.39, 0.29) is 12.6 Å². The molecule has 3 N–H and O–H groups in total. The Morgan fingerprint density at radius 3 is 2.93 bits per heavy atom. The van der Waals surface area contributed by atoms with Crippen molar-refractivity contribution in [2.45, 2.75) is 19.3 Å². The first-order valence-electron chi connectivity index (χ1n) is 5.02. The van der Waals surface area contributed by atoms with Crippen LogP contribution in [0.15, 0.2) is 17.5 Å². The summed E-state index contributed by atoms with van der Waals surface area (Å²) in [6, 6.07) is 3.58. The molecule has 0 saturated heterocycles. The Bertz CT molecular complexity index is 275. The van der Waals surface area contributed by atoms with Gasteiger partial charge in [0.25, 0.3) is 0 Å². The number of carbonyl (C=O) groups is 1. The molecule has 1 heterocycles. The van der Waals surface area contributed by atoms with Crippen LogP contribution in [0.5, 0.6) is 0 Å². The summed E-state index contributed by atoms with van der Waals surface area (Å²) in [5, 5.41) is 16.8. The molecule has 1 aromatic rings. The second kappa shape index (κ2) is 7.25. The van der Waals surface area contributed by atoms with Crippen molar-refractivity contribution in [1.29, 1.82) is 0 Å². The predicted octanol–water partition coefficient (Wildman–Crippen LogP) is 2.03. The van der Waals surface area contributed by atoms with Crippen LogP contribution in [-0.2, 0) is 0 Å². The maximum atomic E-state index is 11.3. The molecule has 0 aliphatic carbocycles. The highest BCUT2D eigenvalue weighted by Crippen LogP contribution is 2.14. The number of hydrogen-bond donors (Lipinski definition) is 3. The van der Waals surface area contributed by atoms with Crippen LogP contribution in [0.2, 0.25) is 0 Å². The molecular formula is C10H16N2O2S. The van der Waals surface area contributed by atoms with Crippen molar-refractivity contribution in [2.24, 2.45) is 0 Å². The third kappa shape index (κ3) is 5.39. The molecule has 15 heavy (non-hydrogen) atoms. The highest BCUT2D eigenvalue weighted by molar-refractivity contribution is 7.14. The van der Waals surface area contributed by atoms with E-state index in [9.17, 15) is 4.79 Å². The van der Waals surface area contributed by atoms with Crippen LogP contribution in [0.1, 0.15) is 19.3 Å². The number of thiophene rings is 1. The van der Waals surface area contributed by atoms with E-state index >= 15 is 0 Å². The minimum absolute atomic E-state index is 0.165. The van der Waals surface area contributed by atoms with Crippen molar-refractivity contribution < 1.29 is 9.90 Å². The van der Waals surface area contributed by atoms with Crippen molar-refractivity contribution in [2.75, 3.05) is 18.5 Å². The Morgan fingerprint density at radius 1 is 1.40 bits per heavy atom. The van der Waals surface area contributed by atoms with Crippen LogP contribution < -0.4 is 10.6 Å². The van der Waals surface area contributed by atoms with Gasteiger partial charge in [0.15, 0.2) is 0 Å². The average molecular weight is 228 g/mol. The fraction of sp³-hybridized carbons (Fsp3) is 0.500. The van der Waals surface area contributed by atoms with Crippen molar-refractivity contribution in [3.05, 3.63) is 17.5 Å². The number of unbranched alkanes of at least 4 members (excludes halogenated alkanes) is 2. The van der Waals surface area contributed by atoms with Gasteiger partial charge in [-0.2, -0.15) is 0 Å². The first kappa shape index (κ1) is 12.0. The zero-order chi connectivity index (χ0) is 10.9. The number of nitrogens with one attached hydrogen (secondary N) is 2. The highest BCUT2D eigenvalue weighted by Gasteiger charge is 2.00. The van der Waals surface area contributed by atoms with E-state index in [1.807, 2.05) is 17.5 Å².